The molecule has 0 saturated heterocycles. The van der Waals surface area contributed by atoms with Crippen LogP contribution in [-0.4, -0.2) is 57.6 Å². The van der Waals surface area contributed by atoms with Gasteiger partial charge in [0, 0.05) is 25.3 Å². The minimum atomic E-state index is -0.259. The first-order valence-electron chi connectivity index (χ1n) is 9.60. The lowest BCUT2D eigenvalue weighted by atomic mass is 10.0. The van der Waals surface area contributed by atoms with Crippen molar-refractivity contribution in [3.63, 3.8) is 0 Å². The number of aryl methyl sites for hydroxylation is 1. The van der Waals surface area contributed by atoms with Gasteiger partial charge in [-0.1, -0.05) is 18.2 Å². The van der Waals surface area contributed by atoms with Crippen molar-refractivity contribution in [2.24, 2.45) is 0 Å². The molecule has 0 fully saturated rings. The van der Waals surface area contributed by atoms with Gasteiger partial charge in [-0.15, -0.1) is 0 Å². The molecular formula is C22H27N3O4. The summed E-state index contributed by atoms with van der Waals surface area (Å²) >= 11 is 0. The number of nitrogens with zero attached hydrogens (tertiary/aromatic N) is 2. The lowest BCUT2D eigenvalue weighted by Gasteiger charge is -2.33. The summed E-state index contributed by atoms with van der Waals surface area (Å²) in [5.41, 5.74) is 2.79. The molecule has 0 spiro atoms. The van der Waals surface area contributed by atoms with Crippen molar-refractivity contribution in [1.82, 2.24) is 4.90 Å². The molecule has 7 nitrogen and oxygen atoms in total. The number of amides is 2. The van der Waals surface area contributed by atoms with Crippen LogP contribution in [0.15, 0.2) is 42.5 Å². The van der Waals surface area contributed by atoms with Crippen LogP contribution < -0.4 is 19.7 Å². The van der Waals surface area contributed by atoms with Crippen LogP contribution in [-0.2, 0) is 16.0 Å². The molecule has 154 valence electrons. The maximum atomic E-state index is 12.8. The standard InChI is InChI=1S/C22H27N3O4/c1-24(14-20(26)23-17-9-5-10-18(13-17)28-2)21(27)15-25-12-6-8-16-7-4-11-19(29-3)22(16)25/h4-5,7,9-11,13H,6,8,12,14-15H2,1-3H3,(H,23,26). The number of hydrogen-bond donors (Lipinski definition) is 1. The summed E-state index contributed by atoms with van der Waals surface area (Å²) in [4.78, 5) is 28.6. The number of hydrogen-bond acceptors (Lipinski definition) is 5. The number of rotatable bonds is 7. The molecule has 0 aromatic heterocycles. The molecule has 2 amide bonds. The van der Waals surface area contributed by atoms with E-state index in [4.69, 9.17) is 9.47 Å². The first-order valence-corrected chi connectivity index (χ1v) is 9.60. The fourth-order valence-electron chi connectivity index (χ4n) is 3.51. The summed E-state index contributed by atoms with van der Waals surface area (Å²) in [7, 11) is 4.85. The molecule has 7 heteroatoms. The Kier molecular flexibility index (Phi) is 6.59. The van der Waals surface area contributed by atoms with Gasteiger partial charge < -0.3 is 24.6 Å². The van der Waals surface area contributed by atoms with Crippen LogP contribution in [0.1, 0.15) is 12.0 Å². The van der Waals surface area contributed by atoms with Gasteiger partial charge in [0.05, 0.1) is 33.0 Å². The zero-order chi connectivity index (χ0) is 20.8. The molecule has 1 aliphatic heterocycles. The zero-order valence-electron chi connectivity index (χ0n) is 17.1. The Hall–Kier alpha value is -3.22. The maximum absolute atomic E-state index is 12.8. The third kappa shape index (κ3) is 4.99. The van der Waals surface area contributed by atoms with Crippen molar-refractivity contribution in [1.29, 1.82) is 0 Å². The maximum Gasteiger partial charge on any atom is 0.243 e. The SMILES string of the molecule is COc1cccc(NC(=O)CN(C)C(=O)CN2CCCc3cccc(OC)c32)c1. The van der Waals surface area contributed by atoms with Crippen LogP contribution >= 0.6 is 0 Å². The van der Waals surface area contributed by atoms with Gasteiger partial charge in [-0.3, -0.25) is 9.59 Å². The highest BCUT2D eigenvalue weighted by Gasteiger charge is 2.24. The summed E-state index contributed by atoms with van der Waals surface area (Å²) in [6.45, 7) is 0.960. The van der Waals surface area contributed by atoms with Gasteiger partial charge >= 0.3 is 0 Å². The van der Waals surface area contributed by atoms with E-state index in [-0.39, 0.29) is 24.9 Å². The predicted octanol–water partition coefficient (Wildman–Crippen LogP) is 2.55. The first kappa shape index (κ1) is 20.5. The third-order valence-corrected chi connectivity index (χ3v) is 4.98. The van der Waals surface area contributed by atoms with Crippen LogP contribution in [0.5, 0.6) is 11.5 Å². The highest BCUT2D eigenvalue weighted by molar-refractivity contribution is 5.95. The Bertz CT molecular complexity index is 870. The molecule has 0 unspecified atom stereocenters. The van der Waals surface area contributed by atoms with Crippen molar-refractivity contribution in [3.8, 4) is 11.5 Å². The number of methoxy groups -OCH3 is 2. The molecule has 0 bridgehead atoms. The van der Waals surface area contributed by atoms with E-state index in [0.29, 0.717) is 11.4 Å². The molecule has 0 atom stereocenters. The van der Waals surface area contributed by atoms with Gasteiger partial charge in [0.15, 0.2) is 0 Å². The smallest absolute Gasteiger partial charge is 0.243 e. The molecule has 0 radical (unpaired) electrons. The second-order valence-electron chi connectivity index (χ2n) is 7.02. The summed E-state index contributed by atoms with van der Waals surface area (Å²) < 4.78 is 10.7. The Morgan fingerprint density at radius 1 is 1.14 bits per heavy atom. The minimum absolute atomic E-state index is 0.0251. The topological polar surface area (TPSA) is 71.1 Å². The largest absolute Gasteiger partial charge is 0.497 e. The number of likely N-dealkylation sites (N-methyl/N-ethyl adjacent to an activating group) is 1. The normalized spacial score (nSPS) is 12.7. The average Bonchev–Trinajstić information content (AvgIpc) is 2.73. The highest BCUT2D eigenvalue weighted by atomic mass is 16.5. The van der Waals surface area contributed by atoms with E-state index < -0.39 is 0 Å². The first-order chi connectivity index (χ1) is 14.0. The predicted molar refractivity (Wildman–Crippen MR) is 113 cm³/mol. The Morgan fingerprint density at radius 3 is 2.69 bits per heavy atom. The van der Waals surface area contributed by atoms with Gasteiger partial charge in [-0.2, -0.15) is 0 Å². The summed E-state index contributed by atoms with van der Waals surface area (Å²) in [5, 5.41) is 2.79. The molecule has 2 aromatic carbocycles. The molecular weight excluding hydrogens is 370 g/mol. The van der Waals surface area contributed by atoms with E-state index in [1.165, 1.54) is 10.5 Å². The number of anilines is 2. The van der Waals surface area contributed by atoms with E-state index >= 15 is 0 Å². The van der Waals surface area contributed by atoms with Crippen molar-refractivity contribution in [2.75, 3.05) is 51.1 Å². The fraction of sp³-hybridized carbons (Fsp3) is 0.364. The van der Waals surface area contributed by atoms with Crippen molar-refractivity contribution in [2.45, 2.75) is 12.8 Å². The summed E-state index contributed by atoms with van der Waals surface area (Å²) in [6, 6.07) is 13.1. The van der Waals surface area contributed by atoms with Gasteiger partial charge in [0.2, 0.25) is 11.8 Å². The van der Waals surface area contributed by atoms with Crippen LogP contribution in [0.4, 0.5) is 11.4 Å². The molecule has 1 N–H and O–H groups in total. The van der Waals surface area contributed by atoms with Crippen LogP contribution in [0.2, 0.25) is 0 Å². The number of carbonyl (C=O) groups excluding carboxylic acids is 2. The third-order valence-electron chi connectivity index (χ3n) is 4.98. The van der Waals surface area contributed by atoms with Crippen LogP contribution in [0.25, 0.3) is 0 Å². The Morgan fingerprint density at radius 2 is 1.93 bits per heavy atom. The van der Waals surface area contributed by atoms with E-state index in [2.05, 4.69) is 11.4 Å². The molecule has 0 saturated carbocycles. The number of nitrogens with one attached hydrogen (secondary N) is 1. The highest BCUT2D eigenvalue weighted by Crippen LogP contribution is 2.35. The van der Waals surface area contributed by atoms with E-state index in [9.17, 15) is 9.59 Å². The lowest BCUT2D eigenvalue weighted by Crippen LogP contribution is -2.43. The monoisotopic (exact) mass is 397 g/mol. The van der Waals surface area contributed by atoms with Crippen molar-refractivity contribution < 1.29 is 19.1 Å². The van der Waals surface area contributed by atoms with Crippen LogP contribution in [0, 0.1) is 0 Å². The number of para-hydroxylation sites is 1. The van der Waals surface area contributed by atoms with E-state index in [1.54, 1.807) is 45.5 Å². The molecule has 1 aliphatic rings. The number of ether oxygens (including phenoxy) is 2. The fourth-order valence-corrected chi connectivity index (χ4v) is 3.51. The number of benzene rings is 2. The van der Waals surface area contributed by atoms with Crippen LogP contribution in [0.3, 0.4) is 0 Å². The minimum Gasteiger partial charge on any atom is -0.497 e. The lowest BCUT2D eigenvalue weighted by molar-refractivity contribution is -0.132. The Labute approximate surface area is 171 Å². The second kappa shape index (κ2) is 9.32. The molecule has 1 heterocycles. The van der Waals surface area contributed by atoms with Gasteiger partial charge in [0.1, 0.15) is 11.5 Å². The number of fused-ring (bicyclic) bond motifs is 1. The van der Waals surface area contributed by atoms with E-state index in [1.807, 2.05) is 17.0 Å². The molecule has 29 heavy (non-hydrogen) atoms. The van der Waals surface area contributed by atoms with Crippen molar-refractivity contribution >= 4 is 23.2 Å². The van der Waals surface area contributed by atoms with Crippen molar-refractivity contribution in [3.05, 3.63) is 48.0 Å². The van der Waals surface area contributed by atoms with E-state index in [0.717, 1.165) is 30.8 Å². The van der Waals surface area contributed by atoms with Gasteiger partial charge in [-0.05, 0) is 36.6 Å². The molecule has 2 aromatic rings. The quantitative estimate of drug-likeness (QED) is 0.778. The summed E-state index contributed by atoms with van der Waals surface area (Å²) in [5.74, 6) is 1.05. The average molecular weight is 397 g/mol. The number of carbonyl (C=O) groups is 2. The molecule has 3 rings (SSSR count). The van der Waals surface area contributed by atoms with Gasteiger partial charge in [0.25, 0.3) is 0 Å². The second-order valence-corrected chi connectivity index (χ2v) is 7.02. The molecule has 0 aliphatic carbocycles. The summed E-state index contributed by atoms with van der Waals surface area (Å²) in [6.07, 6.45) is 1.95. The van der Waals surface area contributed by atoms with Gasteiger partial charge in [-0.25, -0.2) is 0 Å². The zero-order valence-corrected chi connectivity index (χ0v) is 17.1. The Balaban J connectivity index is 1.61.